The van der Waals surface area contributed by atoms with Gasteiger partial charge in [-0.1, -0.05) is 46.9 Å². The smallest absolute Gasteiger partial charge is 0.341 e. The predicted molar refractivity (Wildman–Crippen MR) is 108 cm³/mol. The second-order valence-electron chi connectivity index (χ2n) is 5.10. The summed E-state index contributed by atoms with van der Waals surface area (Å²) in [6.07, 6.45) is 0. The van der Waals surface area contributed by atoms with Crippen molar-refractivity contribution in [2.45, 2.75) is 0 Å². The van der Waals surface area contributed by atoms with Gasteiger partial charge in [-0.05, 0) is 40.2 Å². The first-order chi connectivity index (χ1) is 12.8. The van der Waals surface area contributed by atoms with Crippen molar-refractivity contribution in [3.05, 3.63) is 61.5 Å². The number of benzene rings is 2. The Morgan fingerprint density at radius 1 is 0.963 bits per heavy atom. The third-order valence-electron chi connectivity index (χ3n) is 3.18. The van der Waals surface area contributed by atoms with Gasteiger partial charge < -0.3 is 15.4 Å². The summed E-state index contributed by atoms with van der Waals surface area (Å²) in [5.74, 6) is -2.01. The zero-order valence-electron chi connectivity index (χ0n) is 13.5. The zero-order valence-corrected chi connectivity index (χ0v) is 17.4. The van der Waals surface area contributed by atoms with E-state index in [0.29, 0.717) is 10.2 Å². The van der Waals surface area contributed by atoms with Gasteiger partial charge in [0, 0.05) is 4.47 Å². The van der Waals surface area contributed by atoms with Crippen LogP contribution in [0.15, 0.2) is 40.9 Å². The van der Waals surface area contributed by atoms with Crippen LogP contribution in [0.3, 0.4) is 0 Å². The van der Waals surface area contributed by atoms with Crippen molar-refractivity contribution in [1.29, 1.82) is 0 Å². The molecule has 0 saturated heterocycles. The van der Waals surface area contributed by atoms with Gasteiger partial charge in [-0.2, -0.15) is 0 Å². The molecule has 0 spiro atoms. The van der Waals surface area contributed by atoms with Gasteiger partial charge >= 0.3 is 5.97 Å². The molecule has 0 aliphatic heterocycles. The molecule has 2 rings (SSSR count). The van der Waals surface area contributed by atoms with Crippen molar-refractivity contribution in [2.75, 3.05) is 18.5 Å². The minimum atomic E-state index is -0.902. The van der Waals surface area contributed by atoms with Crippen molar-refractivity contribution in [1.82, 2.24) is 5.32 Å². The van der Waals surface area contributed by atoms with Crippen LogP contribution in [-0.4, -0.2) is 30.9 Å². The van der Waals surface area contributed by atoms with E-state index >= 15 is 0 Å². The lowest BCUT2D eigenvalue weighted by Crippen LogP contribution is -2.35. The summed E-state index contributed by atoms with van der Waals surface area (Å²) >= 11 is 21.0. The molecule has 142 valence electrons. The van der Waals surface area contributed by atoms with Crippen LogP contribution in [0.25, 0.3) is 0 Å². The fraction of sp³-hybridized carbons (Fsp3) is 0.118. The van der Waals surface area contributed by atoms with Crippen LogP contribution < -0.4 is 10.6 Å². The molecule has 2 aromatic carbocycles. The highest BCUT2D eigenvalue weighted by Gasteiger charge is 2.20. The van der Waals surface area contributed by atoms with Gasteiger partial charge in [0.1, 0.15) is 0 Å². The zero-order chi connectivity index (χ0) is 20.0. The standard InChI is InChI=1S/C17H12BrCl3N2O4/c18-9-3-1-2-4-12(9)23-13(24)7-22-14(25)8-27-17(26)15-10(19)5-6-11(20)16(15)21/h1-6H,7-8H2,(H,22,25)(H,23,24). The monoisotopic (exact) mass is 492 g/mol. The fourth-order valence-corrected chi connectivity index (χ4v) is 2.97. The maximum Gasteiger partial charge on any atom is 0.341 e. The normalized spacial score (nSPS) is 10.2. The van der Waals surface area contributed by atoms with E-state index in [9.17, 15) is 14.4 Å². The lowest BCUT2D eigenvalue weighted by atomic mass is 10.2. The van der Waals surface area contributed by atoms with Crippen LogP contribution in [0.2, 0.25) is 15.1 Å². The van der Waals surface area contributed by atoms with Crippen LogP contribution in [0.1, 0.15) is 10.4 Å². The SMILES string of the molecule is O=C(COC(=O)c1c(Cl)ccc(Cl)c1Cl)NCC(=O)Nc1ccccc1Br. The Morgan fingerprint density at radius 2 is 1.63 bits per heavy atom. The number of carbonyl (C=O) groups excluding carboxylic acids is 3. The number of esters is 1. The van der Waals surface area contributed by atoms with Gasteiger partial charge in [-0.3, -0.25) is 9.59 Å². The Labute approximate surface area is 178 Å². The van der Waals surface area contributed by atoms with E-state index in [1.54, 1.807) is 24.3 Å². The topological polar surface area (TPSA) is 84.5 Å². The second-order valence-corrected chi connectivity index (χ2v) is 7.15. The first kappa shape index (κ1) is 21.5. The number of nitrogens with one attached hydrogen (secondary N) is 2. The largest absolute Gasteiger partial charge is 0.452 e. The summed E-state index contributed by atoms with van der Waals surface area (Å²) in [7, 11) is 0. The maximum absolute atomic E-state index is 12.0. The summed E-state index contributed by atoms with van der Waals surface area (Å²) < 4.78 is 5.56. The van der Waals surface area contributed by atoms with Crippen molar-refractivity contribution < 1.29 is 19.1 Å². The Kier molecular flexibility index (Phi) is 7.91. The van der Waals surface area contributed by atoms with Crippen molar-refractivity contribution >= 4 is 74.2 Å². The average molecular weight is 495 g/mol. The fourth-order valence-electron chi connectivity index (χ4n) is 1.90. The highest BCUT2D eigenvalue weighted by Crippen LogP contribution is 2.31. The molecular weight excluding hydrogens is 482 g/mol. The lowest BCUT2D eigenvalue weighted by molar-refractivity contribution is -0.126. The van der Waals surface area contributed by atoms with E-state index in [2.05, 4.69) is 26.6 Å². The highest BCUT2D eigenvalue weighted by atomic mass is 79.9. The summed E-state index contributed by atoms with van der Waals surface area (Å²) in [6, 6.07) is 9.83. The Hall–Kier alpha value is -1.80. The molecule has 0 fully saturated rings. The van der Waals surface area contributed by atoms with E-state index in [0.717, 1.165) is 0 Å². The molecule has 0 aliphatic carbocycles. The van der Waals surface area contributed by atoms with Gasteiger partial charge in [0.2, 0.25) is 5.91 Å². The van der Waals surface area contributed by atoms with Gasteiger partial charge in [0.05, 0.1) is 32.9 Å². The maximum atomic E-state index is 12.0. The number of amides is 2. The van der Waals surface area contributed by atoms with Crippen LogP contribution in [0, 0.1) is 0 Å². The summed E-state index contributed by atoms with van der Waals surface area (Å²) in [5, 5.41) is 5.06. The molecule has 0 aliphatic rings. The molecule has 0 saturated carbocycles. The molecule has 0 unspecified atom stereocenters. The second kappa shape index (κ2) is 9.94. The van der Waals surface area contributed by atoms with E-state index in [-0.39, 0.29) is 27.2 Å². The molecule has 27 heavy (non-hydrogen) atoms. The van der Waals surface area contributed by atoms with Gasteiger partial charge in [-0.15, -0.1) is 0 Å². The van der Waals surface area contributed by atoms with E-state index in [4.69, 9.17) is 39.5 Å². The van der Waals surface area contributed by atoms with Gasteiger partial charge in [-0.25, -0.2) is 4.79 Å². The number of ether oxygens (including phenoxy) is 1. The van der Waals surface area contributed by atoms with Crippen LogP contribution in [0.4, 0.5) is 5.69 Å². The minimum Gasteiger partial charge on any atom is -0.452 e. The number of rotatable bonds is 6. The summed E-state index contributed by atoms with van der Waals surface area (Å²) in [5.41, 5.74) is 0.429. The van der Waals surface area contributed by atoms with Gasteiger partial charge in [0.15, 0.2) is 6.61 Å². The quantitative estimate of drug-likeness (QED) is 0.463. The molecule has 2 amide bonds. The third kappa shape index (κ3) is 6.10. The predicted octanol–water partition coefficient (Wildman–Crippen LogP) is 4.32. The molecule has 2 N–H and O–H groups in total. The molecule has 0 bridgehead atoms. The number of hydrogen-bond donors (Lipinski definition) is 2. The summed E-state index contributed by atoms with van der Waals surface area (Å²) in [4.78, 5) is 35.7. The third-order valence-corrected chi connectivity index (χ3v) is 4.99. The molecule has 0 atom stereocenters. The van der Waals surface area contributed by atoms with Crippen LogP contribution in [-0.2, 0) is 14.3 Å². The van der Waals surface area contributed by atoms with Crippen molar-refractivity contribution in [3.8, 4) is 0 Å². The molecular formula is C17H12BrCl3N2O4. The van der Waals surface area contributed by atoms with Crippen molar-refractivity contribution in [2.24, 2.45) is 0 Å². The Bertz CT molecular complexity index is 892. The Morgan fingerprint density at radius 3 is 2.33 bits per heavy atom. The van der Waals surface area contributed by atoms with E-state index in [1.165, 1.54) is 12.1 Å². The molecule has 0 radical (unpaired) electrons. The molecule has 10 heteroatoms. The van der Waals surface area contributed by atoms with Crippen LogP contribution in [0.5, 0.6) is 0 Å². The number of carbonyl (C=O) groups is 3. The first-order valence-corrected chi connectivity index (χ1v) is 9.34. The summed E-state index contributed by atoms with van der Waals surface area (Å²) in [6.45, 7) is -0.906. The lowest BCUT2D eigenvalue weighted by Gasteiger charge is -2.10. The Balaban J connectivity index is 1.83. The number of anilines is 1. The average Bonchev–Trinajstić information content (AvgIpc) is 2.63. The van der Waals surface area contributed by atoms with Crippen LogP contribution >= 0.6 is 50.7 Å². The molecule has 0 aromatic heterocycles. The highest BCUT2D eigenvalue weighted by molar-refractivity contribution is 9.10. The van der Waals surface area contributed by atoms with Gasteiger partial charge in [0.25, 0.3) is 5.91 Å². The first-order valence-electron chi connectivity index (χ1n) is 7.41. The van der Waals surface area contributed by atoms with Crippen molar-refractivity contribution in [3.63, 3.8) is 0 Å². The number of para-hydroxylation sites is 1. The number of hydrogen-bond acceptors (Lipinski definition) is 4. The molecule has 6 nitrogen and oxygen atoms in total. The molecule has 2 aromatic rings. The van der Waals surface area contributed by atoms with E-state index in [1.807, 2.05) is 0 Å². The molecule has 0 heterocycles. The van der Waals surface area contributed by atoms with E-state index < -0.39 is 24.4 Å². The minimum absolute atomic E-state index is 0.0441. The number of halogens is 4.